The number of ketones is 1. The van der Waals surface area contributed by atoms with Crippen molar-refractivity contribution in [3.05, 3.63) is 34.9 Å². The van der Waals surface area contributed by atoms with Crippen molar-refractivity contribution in [3.8, 4) is 0 Å². The van der Waals surface area contributed by atoms with Crippen molar-refractivity contribution in [2.75, 3.05) is 0 Å². The van der Waals surface area contributed by atoms with Gasteiger partial charge < -0.3 is 0 Å². The third kappa shape index (κ3) is 1.41. The Balaban J connectivity index is 2.21. The van der Waals surface area contributed by atoms with E-state index in [1.54, 1.807) is 6.92 Å². The number of Topliss-reactive ketones (excluding diaryl/α,β-unsaturated/α-hetero) is 1. The van der Waals surface area contributed by atoms with E-state index in [9.17, 15) is 4.79 Å². The van der Waals surface area contributed by atoms with Gasteiger partial charge in [0.15, 0.2) is 5.78 Å². The molecule has 0 N–H and O–H groups in total. The minimum atomic E-state index is 0.183. The molecule has 1 aromatic rings. The lowest BCUT2D eigenvalue weighted by molar-refractivity contribution is 0.101. The standard InChI is InChI=1S/C16H20O/c1-11(17)12-5-6-13-14(9-12)16(3)8-4-7-15(13,2)10-16/h5-6,9H,4,7-8,10H2,1-3H3. The van der Waals surface area contributed by atoms with E-state index in [1.807, 2.05) is 6.07 Å². The first kappa shape index (κ1) is 11.0. The van der Waals surface area contributed by atoms with Crippen LogP contribution in [0.25, 0.3) is 0 Å². The zero-order chi connectivity index (χ0) is 12.3. The number of hydrogen-bond acceptors (Lipinski definition) is 1. The molecule has 3 rings (SSSR count). The summed E-state index contributed by atoms with van der Waals surface area (Å²) in [7, 11) is 0. The molecule has 2 unspecified atom stereocenters. The average molecular weight is 228 g/mol. The normalized spacial score (nSPS) is 34.5. The third-order valence-electron chi connectivity index (χ3n) is 4.96. The summed E-state index contributed by atoms with van der Waals surface area (Å²) in [5.74, 6) is 0.183. The van der Waals surface area contributed by atoms with Gasteiger partial charge in [-0.05, 0) is 54.2 Å². The smallest absolute Gasteiger partial charge is 0.159 e. The predicted octanol–water partition coefficient (Wildman–Crippen LogP) is 3.99. The lowest BCUT2D eigenvalue weighted by atomic mass is 9.69. The molecule has 17 heavy (non-hydrogen) atoms. The number of benzene rings is 1. The van der Waals surface area contributed by atoms with Crippen molar-refractivity contribution < 1.29 is 4.79 Å². The summed E-state index contributed by atoms with van der Waals surface area (Å²) in [6.45, 7) is 6.43. The van der Waals surface area contributed by atoms with Crippen LogP contribution in [0, 0.1) is 0 Å². The minimum absolute atomic E-state index is 0.183. The van der Waals surface area contributed by atoms with Gasteiger partial charge in [0.2, 0.25) is 0 Å². The molecule has 2 aliphatic rings. The maximum atomic E-state index is 11.5. The van der Waals surface area contributed by atoms with E-state index in [0.717, 1.165) is 5.56 Å². The van der Waals surface area contributed by atoms with Crippen LogP contribution in [-0.2, 0) is 10.8 Å². The maximum Gasteiger partial charge on any atom is 0.159 e. The van der Waals surface area contributed by atoms with E-state index >= 15 is 0 Å². The summed E-state index contributed by atoms with van der Waals surface area (Å²) in [6.07, 6.45) is 5.15. The lowest BCUT2D eigenvalue weighted by Gasteiger charge is -2.35. The molecule has 1 heteroatoms. The number of fused-ring (bicyclic) bond motifs is 5. The molecule has 2 atom stereocenters. The second kappa shape index (κ2) is 3.22. The second-order valence-electron chi connectivity index (χ2n) is 6.47. The van der Waals surface area contributed by atoms with Gasteiger partial charge in [-0.25, -0.2) is 0 Å². The van der Waals surface area contributed by atoms with Crippen LogP contribution in [0.2, 0.25) is 0 Å². The van der Waals surface area contributed by atoms with Crippen LogP contribution in [0.3, 0.4) is 0 Å². The van der Waals surface area contributed by atoms with Crippen molar-refractivity contribution >= 4 is 5.78 Å². The van der Waals surface area contributed by atoms with Crippen LogP contribution in [0.4, 0.5) is 0 Å². The highest BCUT2D eigenvalue weighted by Crippen LogP contribution is 2.57. The van der Waals surface area contributed by atoms with Crippen LogP contribution < -0.4 is 0 Å². The molecule has 1 nitrogen and oxygen atoms in total. The topological polar surface area (TPSA) is 17.1 Å². The molecule has 0 aromatic heterocycles. The summed E-state index contributed by atoms with van der Waals surface area (Å²) >= 11 is 0. The SMILES string of the molecule is CC(=O)c1ccc2c(c1)C1(C)CCCC2(C)C1. The van der Waals surface area contributed by atoms with Gasteiger partial charge in [0.1, 0.15) is 0 Å². The molecular formula is C16H20O. The van der Waals surface area contributed by atoms with Crippen molar-refractivity contribution in [2.24, 2.45) is 0 Å². The van der Waals surface area contributed by atoms with E-state index < -0.39 is 0 Å². The fourth-order valence-electron chi connectivity index (χ4n) is 4.16. The van der Waals surface area contributed by atoms with E-state index in [2.05, 4.69) is 26.0 Å². The van der Waals surface area contributed by atoms with Gasteiger partial charge in [-0.1, -0.05) is 32.4 Å². The number of carbonyl (C=O) groups excluding carboxylic acids is 1. The number of carbonyl (C=O) groups is 1. The quantitative estimate of drug-likeness (QED) is 0.664. The molecule has 0 saturated heterocycles. The highest BCUT2D eigenvalue weighted by molar-refractivity contribution is 5.94. The Morgan fingerprint density at radius 1 is 1.12 bits per heavy atom. The molecule has 90 valence electrons. The zero-order valence-electron chi connectivity index (χ0n) is 11.0. The molecular weight excluding hydrogens is 208 g/mol. The first-order chi connectivity index (χ1) is 7.95. The fraction of sp³-hybridized carbons (Fsp3) is 0.562. The Kier molecular flexibility index (Phi) is 2.08. The molecule has 2 bridgehead atoms. The summed E-state index contributed by atoms with van der Waals surface area (Å²) in [4.78, 5) is 11.5. The van der Waals surface area contributed by atoms with E-state index in [-0.39, 0.29) is 5.78 Å². The Morgan fingerprint density at radius 2 is 1.76 bits per heavy atom. The number of hydrogen-bond donors (Lipinski definition) is 0. The first-order valence-corrected chi connectivity index (χ1v) is 6.61. The van der Waals surface area contributed by atoms with Gasteiger partial charge in [0, 0.05) is 5.56 Å². The summed E-state index contributed by atoms with van der Waals surface area (Å²) in [5.41, 5.74) is 4.50. The predicted molar refractivity (Wildman–Crippen MR) is 69.6 cm³/mol. The van der Waals surface area contributed by atoms with Crippen molar-refractivity contribution in [1.82, 2.24) is 0 Å². The molecule has 0 amide bonds. The van der Waals surface area contributed by atoms with Crippen LogP contribution in [-0.4, -0.2) is 5.78 Å². The molecule has 0 spiro atoms. The molecule has 0 heterocycles. The zero-order valence-corrected chi connectivity index (χ0v) is 11.0. The Morgan fingerprint density at radius 3 is 2.41 bits per heavy atom. The van der Waals surface area contributed by atoms with Crippen molar-refractivity contribution in [1.29, 1.82) is 0 Å². The first-order valence-electron chi connectivity index (χ1n) is 6.61. The van der Waals surface area contributed by atoms with Crippen LogP contribution in [0.5, 0.6) is 0 Å². The van der Waals surface area contributed by atoms with E-state index in [4.69, 9.17) is 0 Å². The van der Waals surface area contributed by atoms with Crippen molar-refractivity contribution in [3.63, 3.8) is 0 Å². The van der Waals surface area contributed by atoms with Gasteiger partial charge in [-0.2, -0.15) is 0 Å². The lowest BCUT2D eigenvalue weighted by Crippen LogP contribution is -2.29. The average Bonchev–Trinajstić information content (AvgIpc) is 2.42. The summed E-state index contributed by atoms with van der Waals surface area (Å²) in [6, 6.07) is 6.38. The minimum Gasteiger partial charge on any atom is -0.295 e. The van der Waals surface area contributed by atoms with Gasteiger partial charge in [0.05, 0.1) is 0 Å². The molecule has 1 saturated carbocycles. The van der Waals surface area contributed by atoms with Gasteiger partial charge in [-0.3, -0.25) is 4.79 Å². The summed E-state index contributed by atoms with van der Waals surface area (Å²) < 4.78 is 0. The number of rotatable bonds is 1. The maximum absolute atomic E-state index is 11.5. The highest BCUT2D eigenvalue weighted by atomic mass is 16.1. The molecule has 1 aromatic carbocycles. The van der Waals surface area contributed by atoms with Gasteiger partial charge in [-0.15, -0.1) is 0 Å². The van der Waals surface area contributed by atoms with E-state index in [1.165, 1.54) is 36.8 Å². The monoisotopic (exact) mass is 228 g/mol. The molecule has 2 aliphatic carbocycles. The Hall–Kier alpha value is -1.11. The second-order valence-corrected chi connectivity index (χ2v) is 6.47. The van der Waals surface area contributed by atoms with Crippen LogP contribution in [0.1, 0.15) is 67.9 Å². The Labute approximate surface area is 103 Å². The Bertz CT molecular complexity index is 502. The van der Waals surface area contributed by atoms with Crippen LogP contribution >= 0.6 is 0 Å². The molecule has 0 radical (unpaired) electrons. The van der Waals surface area contributed by atoms with Gasteiger partial charge >= 0.3 is 0 Å². The van der Waals surface area contributed by atoms with Crippen molar-refractivity contribution in [2.45, 2.75) is 57.3 Å². The van der Waals surface area contributed by atoms with E-state index in [0.29, 0.717) is 10.8 Å². The molecule has 0 aliphatic heterocycles. The highest BCUT2D eigenvalue weighted by Gasteiger charge is 2.49. The largest absolute Gasteiger partial charge is 0.295 e. The van der Waals surface area contributed by atoms with Crippen LogP contribution in [0.15, 0.2) is 18.2 Å². The van der Waals surface area contributed by atoms with Gasteiger partial charge in [0.25, 0.3) is 0 Å². The summed E-state index contributed by atoms with van der Waals surface area (Å²) in [5, 5.41) is 0. The molecule has 1 fully saturated rings. The third-order valence-corrected chi connectivity index (χ3v) is 4.96. The fourth-order valence-corrected chi connectivity index (χ4v) is 4.16.